The van der Waals surface area contributed by atoms with Gasteiger partial charge in [-0.05, 0) is 19.8 Å². The number of carbonyl (C=O) groups is 2. The molecule has 1 saturated carbocycles. The standard InChI is InChI=1S/C14H26N4O2/c1-11(14(20)17-8-6-16-7-9-17)18(10-13(15)19)12-4-2-3-5-12/h11-12,16H,2-10H2,1H3,(H2,15,19). The first-order valence-electron chi connectivity index (χ1n) is 7.63. The molecule has 1 aliphatic carbocycles. The molecule has 2 fully saturated rings. The summed E-state index contributed by atoms with van der Waals surface area (Å²) in [5.41, 5.74) is 5.36. The van der Waals surface area contributed by atoms with E-state index in [4.69, 9.17) is 5.73 Å². The van der Waals surface area contributed by atoms with Crippen LogP contribution in [-0.4, -0.2) is 66.4 Å². The van der Waals surface area contributed by atoms with Gasteiger partial charge in [-0.2, -0.15) is 0 Å². The van der Waals surface area contributed by atoms with Crippen molar-refractivity contribution < 1.29 is 9.59 Å². The zero-order chi connectivity index (χ0) is 14.5. The van der Waals surface area contributed by atoms with Gasteiger partial charge >= 0.3 is 0 Å². The summed E-state index contributed by atoms with van der Waals surface area (Å²) in [6.45, 7) is 5.28. The van der Waals surface area contributed by atoms with E-state index in [0.717, 1.165) is 39.0 Å². The number of nitrogens with zero attached hydrogens (tertiary/aromatic N) is 2. The molecule has 0 radical (unpaired) electrons. The maximum absolute atomic E-state index is 12.6. The number of rotatable bonds is 5. The van der Waals surface area contributed by atoms with Crippen molar-refractivity contribution in [1.82, 2.24) is 15.1 Å². The highest BCUT2D eigenvalue weighted by Gasteiger charge is 2.33. The van der Waals surface area contributed by atoms with Crippen LogP contribution in [0.3, 0.4) is 0 Å². The van der Waals surface area contributed by atoms with Crippen molar-refractivity contribution in [2.45, 2.75) is 44.7 Å². The molecule has 0 aromatic carbocycles. The summed E-state index contributed by atoms with van der Waals surface area (Å²) in [7, 11) is 0. The summed E-state index contributed by atoms with van der Waals surface area (Å²) in [4.78, 5) is 27.8. The number of nitrogens with two attached hydrogens (primary N) is 1. The van der Waals surface area contributed by atoms with Gasteiger partial charge in [-0.3, -0.25) is 14.5 Å². The van der Waals surface area contributed by atoms with E-state index in [1.165, 1.54) is 12.8 Å². The van der Waals surface area contributed by atoms with Crippen molar-refractivity contribution in [2.75, 3.05) is 32.7 Å². The van der Waals surface area contributed by atoms with Crippen LogP contribution in [0.2, 0.25) is 0 Å². The second-order valence-corrected chi connectivity index (χ2v) is 5.83. The molecule has 1 atom stereocenters. The van der Waals surface area contributed by atoms with Crippen LogP contribution in [0.15, 0.2) is 0 Å². The molecule has 2 amide bonds. The summed E-state index contributed by atoms with van der Waals surface area (Å²) >= 11 is 0. The summed E-state index contributed by atoms with van der Waals surface area (Å²) in [6.07, 6.45) is 4.47. The van der Waals surface area contributed by atoms with Crippen LogP contribution < -0.4 is 11.1 Å². The lowest BCUT2D eigenvalue weighted by molar-refractivity contribution is -0.138. The lowest BCUT2D eigenvalue weighted by Gasteiger charge is -2.37. The Labute approximate surface area is 120 Å². The van der Waals surface area contributed by atoms with Gasteiger partial charge in [-0.15, -0.1) is 0 Å². The number of piperazine rings is 1. The Hall–Kier alpha value is -1.14. The van der Waals surface area contributed by atoms with Gasteiger partial charge in [0, 0.05) is 32.2 Å². The fourth-order valence-electron chi connectivity index (χ4n) is 3.29. The largest absolute Gasteiger partial charge is 0.369 e. The van der Waals surface area contributed by atoms with E-state index in [-0.39, 0.29) is 24.4 Å². The zero-order valence-corrected chi connectivity index (χ0v) is 12.3. The molecule has 114 valence electrons. The number of nitrogens with one attached hydrogen (secondary N) is 1. The summed E-state index contributed by atoms with van der Waals surface area (Å²) in [6, 6.07) is 0.0630. The monoisotopic (exact) mass is 282 g/mol. The van der Waals surface area contributed by atoms with E-state index < -0.39 is 0 Å². The Morgan fingerprint density at radius 2 is 1.90 bits per heavy atom. The third-order valence-electron chi connectivity index (χ3n) is 4.42. The fraction of sp³-hybridized carbons (Fsp3) is 0.857. The average molecular weight is 282 g/mol. The molecule has 0 bridgehead atoms. The molecule has 1 aliphatic heterocycles. The normalized spacial score (nSPS) is 22.2. The predicted molar refractivity (Wildman–Crippen MR) is 77.1 cm³/mol. The number of hydrogen-bond donors (Lipinski definition) is 2. The van der Waals surface area contributed by atoms with Crippen molar-refractivity contribution in [2.24, 2.45) is 5.73 Å². The highest BCUT2D eigenvalue weighted by Crippen LogP contribution is 2.25. The molecule has 0 spiro atoms. The minimum absolute atomic E-state index is 0.125. The van der Waals surface area contributed by atoms with Gasteiger partial charge in [0.05, 0.1) is 12.6 Å². The van der Waals surface area contributed by atoms with Crippen molar-refractivity contribution in [3.63, 3.8) is 0 Å². The van der Waals surface area contributed by atoms with Crippen LogP contribution in [0, 0.1) is 0 Å². The van der Waals surface area contributed by atoms with Gasteiger partial charge in [-0.25, -0.2) is 0 Å². The van der Waals surface area contributed by atoms with Crippen LogP contribution in [0.25, 0.3) is 0 Å². The third-order valence-corrected chi connectivity index (χ3v) is 4.42. The smallest absolute Gasteiger partial charge is 0.239 e. The Balaban J connectivity index is 2.01. The topological polar surface area (TPSA) is 78.7 Å². The molecule has 2 rings (SSSR count). The van der Waals surface area contributed by atoms with Crippen molar-refractivity contribution >= 4 is 11.8 Å². The minimum Gasteiger partial charge on any atom is -0.369 e. The summed E-state index contributed by atoms with van der Waals surface area (Å²) < 4.78 is 0. The van der Waals surface area contributed by atoms with Crippen LogP contribution in [0.4, 0.5) is 0 Å². The van der Waals surface area contributed by atoms with Crippen LogP contribution in [0.5, 0.6) is 0 Å². The van der Waals surface area contributed by atoms with Crippen LogP contribution in [0.1, 0.15) is 32.6 Å². The van der Waals surface area contributed by atoms with E-state index in [9.17, 15) is 9.59 Å². The zero-order valence-electron chi connectivity index (χ0n) is 12.3. The maximum Gasteiger partial charge on any atom is 0.239 e. The molecule has 20 heavy (non-hydrogen) atoms. The molecule has 0 aromatic rings. The molecular weight excluding hydrogens is 256 g/mol. The molecular formula is C14H26N4O2. The molecule has 2 aliphatic rings. The number of primary amides is 1. The molecule has 1 unspecified atom stereocenters. The fourth-order valence-corrected chi connectivity index (χ4v) is 3.29. The highest BCUT2D eigenvalue weighted by atomic mass is 16.2. The first kappa shape index (κ1) is 15.3. The van der Waals surface area contributed by atoms with Gasteiger partial charge in [0.25, 0.3) is 0 Å². The second-order valence-electron chi connectivity index (χ2n) is 5.83. The molecule has 6 nitrogen and oxygen atoms in total. The van der Waals surface area contributed by atoms with E-state index in [2.05, 4.69) is 5.32 Å². The van der Waals surface area contributed by atoms with E-state index in [1.54, 1.807) is 0 Å². The van der Waals surface area contributed by atoms with Crippen LogP contribution >= 0.6 is 0 Å². The van der Waals surface area contributed by atoms with Gasteiger partial charge in [-0.1, -0.05) is 12.8 Å². The number of amides is 2. The lowest BCUT2D eigenvalue weighted by atomic mass is 10.1. The summed E-state index contributed by atoms with van der Waals surface area (Å²) in [5, 5.41) is 3.24. The lowest BCUT2D eigenvalue weighted by Crippen LogP contribution is -2.56. The Kier molecular flexibility index (Phi) is 5.37. The van der Waals surface area contributed by atoms with E-state index >= 15 is 0 Å². The molecule has 1 heterocycles. The van der Waals surface area contributed by atoms with Crippen LogP contribution in [-0.2, 0) is 9.59 Å². The van der Waals surface area contributed by atoms with E-state index in [0.29, 0.717) is 6.04 Å². The average Bonchev–Trinajstić information content (AvgIpc) is 2.98. The second kappa shape index (κ2) is 7.04. The van der Waals surface area contributed by atoms with Gasteiger partial charge in [0.15, 0.2) is 0 Å². The molecule has 1 saturated heterocycles. The van der Waals surface area contributed by atoms with Crippen molar-refractivity contribution in [3.8, 4) is 0 Å². The van der Waals surface area contributed by atoms with Gasteiger partial charge < -0.3 is 16.0 Å². The maximum atomic E-state index is 12.6. The SMILES string of the molecule is CC(C(=O)N1CCNCC1)N(CC(N)=O)C1CCCC1. The third kappa shape index (κ3) is 3.70. The van der Waals surface area contributed by atoms with E-state index in [1.807, 2.05) is 16.7 Å². The quantitative estimate of drug-likeness (QED) is 0.715. The van der Waals surface area contributed by atoms with Crippen molar-refractivity contribution in [3.05, 3.63) is 0 Å². The molecule has 6 heteroatoms. The minimum atomic E-state index is -0.350. The molecule has 0 aromatic heterocycles. The number of carbonyl (C=O) groups excluding carboxylic acids is 2. The Bertz CT molecular complexity index is 349. The first-order valence-corrected chi connectivity index (χ1v) is 7.63. The van der Waals surface area contributed by atoms with Crippen molar-refractivity contribution in [1.29, 1.82) is 0 Å². The number of hydrogen-bond acceptors (Lipinski definition) is 4. The highest BCUT2D eigenvalue weighted by molar-refractivity contribution is 5.83. The predicted octanol–water partition coefficient (Wildman–Crippen LogP) is -0.463. The molecule has 3 N–H and O–H groups in total. The Morgan fingerprint density at radius 1 is 1.30 bits per heavy atom. The van der Waals surface area contributed by atoms with Gasteiger partial charge in [0.1, 0.15) is 0 Å². The Morgan fingerprint density at radius 3 is 2.45 bits per heavy atom. The summed E-state index contributed by atoms with van der Waals surface area (Å²) in [5.74, 6) is -0.225. The first-order chi connectivity index (χ1) is 9.59. The van der Waals surface area contributed by atoms with Gasteiger partial charge in [0.2, 0.25) is 11.8 Å².